The highest BCUT2D eigenvalue weighted by Crippen LogP contribution is 1.72. The van der Waals surface area contributed by atoms with E-state index in [0.29, 0.717) is 0 Å². The topological polar surface area (TPSA) is 61.5 Å². The summed E-state index contributed by atoms with van der Waals surface area (Å²) in [5.41, 5.74) is -0.164. The summed E-state index contributed by atoms with van der Waals surface area (Å²) in [5.74, 6) is 0. The number of aromatic amines is 2. The second kappa shape index (κ2) is 4.90. The van der Waals surface area contributed by atoms with Crippen molar-refractivity contribution in [3.63, 3.8) is 0 Å². The third kappa shape index (κ3) is 3.36. The first-order valence-electron chi connectivity index (χ1n) is 3.47. The van der Waals surface area contributed by atoms with Crippen LogP contribution in [0.1, 0.15) is 0 Å². The van der Waals surface area contributed by atoms with E-state index in [2.05, 4.69) is 15.2 Å². The first-order valence-corrected chi connectivity index (χ1v) is 3.47. The number of nitrogens with one attached hydrogen (secondary N) is 2. The monoisotopic (exact) mass is 163 g/mol. The van der Waals surface area contributed by atoms with Gasteiger partial charge in [0.1, 0.15) is 0 Å². The van der Waals surface area contributed by atoms with Gasteiger partial charge in [-0.25, -0.2) is 5.10 Å². The van der Waals surface area contributed by atoms with Crippen LogP contribution in [0.2, 0.25) is 0 Å². The average molecular weight is 163 g/mol. The second-order valence-electron chi connectivity index (χ2n) is 2.00. The zero-order valence-corrected chi connectivity index (χ0v) is 6.40. The number of rotatable bonds is 0. The predicted molar refractivity (Wildman–Crippen MR) is 45.7 cm³/mol. The molecule has 12 heavy (non-hydrogen) atoms. The Morgan fingerprint density at radius 2 is 1.92 bits per heavy atom. The van der Waals surface area contributed by atoms with Crippen molar-refractivity contribution in [1.29, 1.82) is 0 Å². The minimum atomic E-state index is -0.164. The molecule has 2 aromatic heterocycles. The van der Waals surface area contributed by atoms with Crippen LogP contribution in [0.15, 0.2) is 47.7 Å². The van der Waals surface area contributed by atoms with Gasteiger partial charge in [-0.1, -0.05) is 0 Å². The van der Waals surface area contributed by atoms with Gasteiger partial charge in [0.05, 0.1) is 0 Å². The highest BCUT2D eigenvalue weighted by Gasteiger charge is 1.70. The Morgan fingerprint density at radius 1 is 1.17 bits per heavy atom. The Balaban J connectivity index is 0.000000127. The van der Waals surface area contributed by atoms with Crippen LogP contribution in [0.3, 0.4) is 0 Å². The van der Waals surface area contributed by atoms with E-state index in [-0.39, 0.29) is 5.56 Å². The zero-order chi connectivity index (χ0) is 8.65. The molecule has 2 N–H and O–H groups in total. The highest BCUT2D eigenvalue weighted by atomic mass is 16.1. The third-order valence-corrected chi connectivity index (χ3v) is 1.08. The summed E-state index contributed by atoms with van der Waals surface area (Å²) in [6.07, 6.45) is 5.27. The van der Waals surface area contributed by atoms with Gasteiger partial charge in [-0.05, 0) is 18.2 Å². The SMILES string of the molecule is O=c1cccn[nH]1.c1cc[nH]c1. The van der Waals surface area contributed by atoms with Crippen molar-refractivity contribution in [3.8, 4) is 0 Å². The summed E-state index contributed by atoms with van der Waals surface area (Å²) in [4.78, 5) is 13.0. The van der Waals surface area contributed by atoms with Crippen molar-refractivity contribution in [1.82, 2.24) is 15.2 Å². The van der Waals surface area contributed by atoms with Crippen LogP contribution in [0.4, 0.5) is 0 Å². The van der Waals surface area contributed by atoms with E-state index in [9.17, 15) is 4.79 Å². The van der Waals surface area contributed by atoms with E-state index >= 15 is 0 Å². The summed E-state index contributed by atoms with van der Waals surface area (Å²) >= 11 is 0. The molecule has 0 saturated heterocycles. The molecular weight excluding hydrogens is 154 g/mol. The molecule has 0 unspecified atom stereocenters. The lowest BCUT2D eigenvalue weighted by Crippen LogP contribution is -2.02. The molecule has 2 aromatic rings. The molecule has 0 radical (unpaired) electrons. The summed E-state index contributed by atoms with van der Waals surface area (Å²) in [6.45, 7) is 0. The normalized spacial score (nSPS) is 8.33. The first kappa shape index (κ1) is 8.26. The van der Waals surface area contributed by atoms with Crippen LogP contribution in [-0.2, 0) is 0 Å². The second-order valence-corrected chi connectivity index (χ2v) is 2.00. The maximum absolute atomic E-state index is 10.2. The molecule has 0 fully saturated rings. The fraction of sp³-hybridized carbons (Fsp3) is 0. The Hall–Kier alpha value is -1.84. The van der Waals surface area contributed by atoms with Gasteiger partial charge in [-0.3, -0.25) is 4.79 Å². The van der Waals surface area contributed by atoms with Gasteiger partial charge >= 0.3 is 0 Å². The molecule has 0 amide bonds. The molecule has 4 nitrogen and oxygen atoms in total. The number of H-pyrrole nitrogens is 2. The van der Waals surface area contributed by atoms with Gasteiger partial charge in [0.2, 0.25) is 0 Å². The molecule has 0 aliphatic heterocycles. The van der Waals surface area contributed by atoms with Crippen molar-refractivity contribution >= 4 is 0 Å². The average Bonchev–Trinajstić information content (AvgIpc) is 2.62. The van der Waals surface area contributed by atoms with Crippen LogP contribution < -0.4 is 5.56 Å². The first-order chi connectivity index (χ1) is 5.89. The number of nitrogens with zero attached hydrogens (tertiary/aromatic N) is 1. The molecule has 0 aliphatic carbocycles. The molecule has 2 heterocycles. The van der Waals surface area contributed by atoms with E-state index in [1.54, 1.807) is 6.07 Å². The largest absolute Gasteiger partial charge is 0.368 e. The van der Waals surface area contributed by atoms with Crippen molar-refractivity contribution in [2.75, 3.05) is 0 Å². The van der Waals surface area contributed by atoms with Gasteiger partial charge in [-0.2, -0.15) is 5.10 Å². The lowest BCUT2D eigenvalue weighted by Gasteiger charge is -1.72. The Morgan fingerprint density at radius 3 is 2.17 bits per heavy atom. The summed E-state index contributed by atoms with van der Waals surface area (Å²) in [7, 11) is 0. The Kier molecular flexibility index (Phi) is 3.37. The Labute approximate surface area is 69.3 Å². The van der Waals surface area contributed by atoms with E-state index in [4.69, 9.17) is 0 Å². The standard InChI is InChI=1S/C4H4N2O.C4H5N/c7-4-2-1-3-5-6-4;1-2-4-5-3-1/h1-3H,(H,6,7);1-5H. The maximum Gasteiger partial charge on any atom is 0.264 e. The molecule has 4 heteroatoms. The van der Waals surface area contributed by atoms with Crippen molar-refractivity contribution in [2.45, 2.75) is 0 Å². The Bertz CT molecular complexity index is 304. The van der Waals surface area contributed by atoms with E-state index in [1.807, 2.05) is 24.5 Å². The van der Waals surface area contributed by atoms with Crippen molar-refractivity contribution < 1.29 is 0 Å². The van der Waals surface area contributed by atoms with Crippen LogP contribution in [0.25, 0.3) is 0 Å². The molecule has 0 atom stereocenters. The van der Waals surface area contributed by atoms with Crippen LogP contribution in [-0.4, -0.2) is 15.2 Å². The molecular formula is C8H9N3O. The molecule has 0 bridgehead atoms. The van der Waals surface area contributed by atoms with Gasteiger partial charge in [-0.15, -0.1) is 0 Å². The fourth-order valence-corrected chi connectivity index (χ4v) is 0.589. The van der Waals surface area contributed by atoms with Crippen LogP contribution in [0, 0.1) is 0 Å². The smallest absolute Gasteiger partial charge is 0.264 e. The number of aromatic nitrogens is 3. The molecule has 2 rings (SSSR count). The van der Waals surface area contributed by atoms with Crippen molar-refractivity contribution in [3.05, 3.63) is 53.2 Å². The lowest BCUT2D eigenvalue weighted by molar-refractivity contribution is 0.988. The summed E-state index contributed by atoms with van der Waals surface area (Å²) in [6, 6.07) is 6.88. The minimum Gasteiger partial charge on any atom is -0.368 e. The van der Waals surface area contributed by atoms with Crippen LogP contribution >= 0.6 is 0 Å². The molecule has 0 aliphatic rings. The van der Waals surface area contributed by atoms with E-state index in [1.165, 1.54) is 12.3 Å². The summed E-state index contributed by atoms with van der Waals surface area (Å²) in [5, 5.41) is 5.67. The minimum absolute atomic E-state index is 0.164. The van der Waals surface area contributed by atoms with Crippen molar-refractivity contribution in [2.24, 2.45) is 0 Å². The van der Waals surface area contributed by atoms with Gasteiger partial charge in [0.15, 0.2) is 0 Å². The quantitative estimate of drug-likeness (QED) is 0.603. The van der Waals surface area contributed by atoms with Gasteiger partial charge < -0.3 is 4.98 Å². The predicted octanol–water partition coefficient (Wildman–Crippen LogP) is 0.785. The third-order valence-electron chi connectivity index (χ3n) is 1.08. The molecule has 0 saturated carbocycles. The summed E-state index contributed by atoms with van der Waals surface area (Å²) < 4.78 is 0. The number of hydrogen-bond acceptors (Lipinski definition) is 2. The lowest BCUT2D eigenvalue weighted by atomic mass is 10.6. The maximum atomic E-state index is 10.2. The molecule has 0 aromatic carbocycles. The molecule has 0 spiro atoms. The van der Waals surface area contributed by atoms with Crippen LogP contribution in [0.5, 0.6) is 0 Å². The zero-order valence-electron chi connectivity index (χ0n) is 6.40. The van der Waals surface area contributed by atoms with Gasteiger partial charge in [0, 0.05) is 24.7 Å². The highest BCUT2D eigenvalue weighted by molar-refractivity contribution is 4.84. The molecule has 62 valence electrons. The van der Waals surface area contributed by atoms with Gasteiger partial charge in [0.25, 0.3) is 5.56 Å². The van der Waals surface area contributed by atoms with E-state index < -0.39 is 0 Å². The van der Waals surface area contributed by atoms with E-state index in [0.717, 1.165) is 0 Å². The number of hydrogen-bond donors (Lipinski definition) is 2. The fourth-order valence-electron chi connectivity index (χ4n) is 0.589.